The minimum absolute atomic E-state index is 0.0823. The second-order valence-corrected chi connectivity index (χ2v) is 8.59. The van der Waals surface area contributed by atoms with E-state index < -0.39 is 6.16 Å². The molecule has 0 atom stereocenters. The maximum atomic E-state index is 11.9. The Kier molecular flexibility index (Phi) is 11.0. The van der Waals surface area contributed by atoms with E-state index in [9.17, 15) is 4.79 Å². The van der Waals surface area contributed by atoms with Crippen LogP contribution in [0.25, 0.3) is 0 Å². The van der Waals surface area contributed by atoms with Gasteiger partial charge in [0.1, 0.15) is 13.2 Å². The van der Waals surface area contributed by atoms with Crippen LogP contribution in [-0.4, -0.2) is 19.4 Å². The molecular formula is C23H38O3. The van der Waals surface area contributed by atoms with Crippen molar-refractivity contribution in [1.29, 1.82) is 0 Å². The Labute approximate surface area is 160 Å². The van der Waals surface area contributed by atoms with Crippen molar-refractivity contribution in [3.05, 3.63) is 49.6 Å². The standard InChI is InChI=1S/C23H38O3/c1-9-19(3)13-11-15-22(5,6)17-25-21(24)26-18-23(7,8)16-12-14-20(4)10-2/h9-10H,1-4,11-18H2,5-8H3. The van der Waals surface area contributed by atoms with Gasteiger partial charge in [0.15, 0.2) is 0 Å². The lowest BCUT2D eigenvalue weighted by molar-refractivity contribution is 0.00710. The fourth-order valence-corrected chi connectivity index (χ4v) is 2.49. The summed E-state index contributed by atoms with van der Waals surface area (Å²) in [6.07, 6.45) is 8.73. The highest BCUT2D eigenvalue weighted by molar-refractivity contribution is 5.59. The first-order valence-corrected chi connectivity index (χ1v) is 9.41. The predicted molar refractivity (Wildman–Crippen MR) is 111 cm³/mol. The smallest absolute Gasteiger partial charge is 0.434 e. The van der Waals surface area contributed by atoms with Gasteiger partial charge in [0.2, 0.25) is 0 Å². The molecule has 0 radical (unpaired) electrons. The average Bonchev–Trinajstić information content (AvgIpc) is 2.57. The number of hydrogen-bond donors (Lipinski definition) is 0. The topological polar surface area (TPSA) is 35.5 Å². The summed E-state index contributed by atoms with van der Waals surface area (Å²) in [7, 11) is 0. The quantitative estimate of drug-likeness (QED) is 0.246. The van der Waals surface area contributed by atoms with E-state index in [0.29, 0.717) is 13.2 Å². The van der Waals surface area contributed by atoms with Crippen LogP contribution in [0, 0.1) is 10.8 Å². The fraction of sp³-hybridized carbons (Fsp3) is 0.609. The molecule has 0 aliphatic carbocycles. The Bertz CT molecular complexity index is 454. The lowest BCUT2D eigenvalue weighted by atomic mass is 9.87. The van der Waals surface area contributed by atoms with Crippen molar-refractivity contribution < 1.29 is 14.3 Å². The molecular weight excluding hydrogens is 324 g/mol. The SMILES string of the molecule is C=CC(=C)CCCC(C)(C)COC(=O)OCC(C)(C)CCCC(=C)C=C. The van der Waals surface area contributed by atoms with Crippen molar-refractivity contribution in [2.75, 3.05) is 13.2 Å². The third kappa shape index (κ3) is 12.6. The average molecular weight is 363 g/mol. The van der Waals surface area contributed by atoms with Crippen LogP contribution >= 0.6 is 0 Å². The van der Waals surface area contributed by atoms with Crippen LogP contribution in [0.3, 0.4) is 0 Å². The lowest BCUT2D eigenvalue weighted by Gasteiger charge is -2.26. The highest BCUT2D eigenvalue weighted by Gasteiger charge is 2.23. The first kappa shape index (κ1) is 24.2. The molecule has 0 heterocycles. The molecule has 3 heteroatoms. The maximum Gasteiger partial charge on any atom is 0.508 e. The van der Waals surface area contributed by atoms with E-state index >= 15 is 0 Å². The van der Waals surface area contributed by atoms with Gasteiger partial charge in [0.25, 0.3) is 0 Å². The van der Waals surface area contributed by atoms with Crippen LogP contribution in [-0.2, 0) is 9.47 Å². The van der Waals surface area contributed by atoms with E-state index in [1.807, 2.05) is 0 Å². The van der Waals surface area contributed by atoms with Crippen molar-refractivity contribution in [1.82, 2.24) is 0 Å². The molecule has 0 fully saturated rings. The molecule has 0 rings (SSSR count). The molecule has 0 aromatic heterocycles. The van der Waals surface area contributed by atoms with Crippen molar-refractivity contribution in [2.45, 2.75) is 66.2 Å². The number of carbonyl (C=O) groups excluding carboxylic acids is 1. The van der Waals surface area contributed by atoms with Gasteiger partial charge in [0, 0.05) is 0 Å². The fourth-order valence-electron chi connectivity index (χ4n) is 2.49. The summed E-state index contributed by atoms with van der Waals surface area (Å²) in [5, 5.41) is 0. The van der Waals surface area contributed by atoms with Gasteiger partial charge >= 0.3 is 6.16 Å². The Morgan fingerprint density at radius 1 is 0.808 bits per heavy atom. The minimum Gasteiger partial charge on any atom is -0.434 e. The van der Waals surface area contributed by atoms with Crippen LogP contribution in [0.15, 0.2) is 49.6 Å². The monoisotopic (exact) mass is 362 g/mol. The summed E-state index contributed by atoms with van der Waals surface area (Å²) in [5.74, 6) is 0. The van der Waals surface area contributed by atoms with Gasteiger partial charge in [-0.15, -0.1) is 0 Å². The van der Waals surface area contributed by atoms with Crippen molar-refractivity contribution in [2.24, 2.45) is 10.8 Å². The molecule has 0 saturated heterocycles. The van der Waals surface area contributed by atoms with E-state index in [0.717, 1.165) is 49.7 Å². The normalized spacial score (nSPS) is 11.5. The third-order valence-corrected chi connectivity index (χ3v) is 4.44. The summed E-state index contributed by atoms with van der Waals surface area (Å²) in [5.41, 5.74) is 1.92. The summed E-state index contributed by atoms with van der Waals surface area (Å²) in [6.45, 7) is 24.3. The van der Waals surface area contributed by atoms with Crippen molar-refractivity contribution in [3.8, 4) is 0 Å². The highest BCUT2D eigenvalue weighted by atomic mass is 16.7. The largest absolute Gasteiger partial charge is 0.508 e. The molecule has 3 nitrogen and oxygen atoms in total. The molecule has 0 amide bonds. The predicted octanol–water partition coefficient (Wildman–Crippen LogP) is 7.02. The minimum atomic E-state index is -0.586. The van der Waals surface area contributed by atoms with E-state index in [4.69, 9.17) is 9.47 Å². The second-order valence-electron chi connectivity index (χ2n) is 8.59. The maximum absolute atomic E-state index is 11.9. The molecule has 0 spiro atoms. The molecule has 0 aromatic carbocycles. The number of rotatable bonds is 14. The molecule has 0 unspecified atom stereocenters. The first-order chi connectivity index (χ1) is 12.0. The van der Waals surface area contributed by atoms with Gasteiger partial charge in [-0.2, -0.15) is 0 Å². The van der Waals surface area contributed by atoms with Gasteiger partial charge in [0.05, 0.1) is 0 Å². The van der Waals surface area contributed by atoms with Crippen LogP contribution in [0.5, 0.6) is 0 Å². The van der Waals surface area contributed by atoms with E-state index in [-0.39, 0.29) is 10.8 Å². The van der Waals surface area contributed by atoms with Gasteiger partial charge in [-0.05, 0) is 49.4 Å². The molecule has 0 aliphatic heterocycles. The van der Waals surface area contributed by atoms with Gasteiger partial charge < -0.3 is 9.47 Å². The Morgan fingerprint density at radius 3 is 1.46 bits per heavy atom. The summed E-state index contributed by atoms with van der Waals surface area (Å²) >= 11 is 0. The molecule has 148 valence electrons. The second kappa shape index (κ2) is 11.8. The molecule has 0 saturated carbocycles. The zero-order valence-corrected chi connectivity index (χ0v) is 17.4. The lowest BCUT2D eigenvalue weighted by Crippen LogP contribution is -2.26. The number of hydrogen-bond acceptors (Lipinski definition) is 3. The van der Waals surface area contributed by atoms with Crippen molar-refractivity contribution in [3.63, 3.8) is 0 Å². The zero-order valence-electron chi connectivity index (χ0n) is 17.4. The summed E-state index contributed by atoms with van der Waals surface area (Å²) < 4.78 is 10.6. The molecule has 0 N–H and O–H groups in total. The highest BCUT2D eigenvalue weighted by Crippen LogP contribution is 2.27. The molecule has 0 aliphatic rings. The number of allylic oxidation sites excluding steroid dienone is 4. The third-order valence-electron chi connectivity index (χ3n) is 4.44. The summed E-state index contributed by atoms with van der Waals surface area (Å²) in [4.78, 5) is 11.9. The van der Waals surface area contributed by atoms with E-state index in [2.05, 4.69) is 54.0 Å². The molecule has 0 aromatic rings. The Hall–Kier alpha value is -1.77. The number of ether oxygens (including phenoxy) is 2. The van der Waals surface area contributed by atoms with Gasteiger partial charge in [-0.25, -0.2) is 4.79 Å². The van der Waals surface area contributed by atoms with Gasteiger partial charge in [-0.3, -0.25) is 0 Å². The van der Waals surface area contributed by atoms with Gasteiger partial charge in [-0.1, -0.05) is 77.3 Å². The van der Waals surface area contributed by atoms with E-state index in [1.54, 1.807) is 12.2 Å². The van der Waals surface area contributed by atoms with Crippen molar-refractivity contribution >= 4 is 6.16 Å². The van der Waals surface area contributed by atoms with Crippen LogP contribution in [0.4, 0.5) is 4.79 Å². The Balaban J connectivity index is 4.08. The van der Waals surface area contributed by atoms with E-state index in [1.165, 1.54) is 0 Å². The van der Waals surface area contributed by atoms with Crippen LogP contribution in [0.1, 0.15) is 66.2 Å². The summed E-state index contributed by atoms with van der Waals surface area (Å²) in [6, 6.07) is 0. The van der Waals surface area contributed by atoms with Crippen LogP contribution < -0.4 is 0 Å². The van der Waals surface area contributed by atoms with Crippen LogP contribution in [0.2, 0.25) is 0 Å². The molecule has 26 heavy (non-hydrogen) atoms. The molecule has 0 bridgehead atoms. The zero-order chi connectivity index (χ0) is 20.2. The number of carbonyl (C=O) groups is 1. The Morgan fingerprint density at radius 2 is 1.15 bits per heavy atom. The first-order valence-electron chi connectivity index (χ1n) is 9.41.